The van der Waals surface area contributed by atoms with E-state index in [-0.39, 0.29) is 18.0 Å². The molecule has 2 aliphatic heterocycles. The van der Waals surface area contributed by atoms with Gasteiger partial charge in [-0.25, -0.2) is 0 Å². The summed E-state index contributed by atoms with van der Waals surface area (Å²) in [4.78, 5) is 13.6. The Morgan fingerprint density at radius 2 is 1.08 bits per heavy atom. The smallest absolute Gasteiger partial charge is 0.190 e. The topological polar surface area (TPSA) is 72.5 Å². The van der Waals surface area contributed by atoms with Crippen molar-refractivity contribution < 1.29 is 33.2 Å². The summed E-state index contributed by atoms with van der Waals surface area (Å²) in [6.07, 6.45) is 0.831. The number of benzene rings is 2. The van der Waals surface area contributed by atoms with Crippen molar-refractivity contribution in [2.24, 2.45) is 0 Å². The Morgan fingerprint density at radius 3 is 1.47 bits per heavy atom. The van der Waals surface area contributed by atoms with E-state index in [0.717, 1.165) is 11.1 Å². The molecule has 0 spiro atoms. The Bertz CT molecular complexity index is 912. The second-order valence-electron chi connectivity index (χ2n) is 11.0. The van der Waals surface area contributed by atoms with E-state index in [1.54, 1.807) is 0 Å². The fourth-order valence-corrected chi connectivity index (χ4v) is 5.08. The lowest BCUT2D eigenvalue weighted by Gasteiger charge is -2.44. The van der Waals surface area contributed by atoms with E-state index in [4.69, 9.17) is 28.4 Å². The van der Waals surface area contributed by atoms with Gasteiger partial charge < -0.3 is 28.4 Å². The van der Waals surface area contributed by atoms with Crippen LogP contribution in [0.2, 0.25) is 0 Å². The molecule has 4 atom stereocenters. The molecule has 0 radical (unpaired) electrons. The third-order valence-electron chi connectivity index (χ3n) is 6.73. The van der Waals surface area contributed by atoms with Crippen LogP contribution in [0.25, 0.3) is 0 Å². The molecular weight excluding hydrogens is 484 g/mol. The highest BCUT2D eigenvalue weighted by molar-refractivity contribution is 5.87. The van der Waals surface area contributed by atoms with Crippen molar-refractivity contribution in [3.8, 4) is 0 Å². The molecule has 208 valence electrons. The number of hydrogen-bond acceptors (Lipinski definition) is 7. The van der Waals surface area contributed by atoms with Crippen LogP contribution in [0.15, 0.2) is 60.7 Å². The van der Waals surface area contributed by atoms with Gasteiger partial charge in [0, 0.05) is 26.1 Å². The molecule has 0 unspecified atom stereocenters. The molecule has 2 saturated heterocycles. The minimum absolute atomic E-state index is 0.0526. The van der Waals surface area contributed by atoms with Crippen LogP contribution in [0, 0.1) is 0 Å². The zero-order valence-electron chi connectivity index (χ0n) is 23.1. The average Bonchev–Trinajstić information content (AvgIpc) is 2.88. The summed E-state index contributed by atoms with van der Waals surface area (Å²) < 4.78 is 36.1. The summed E-state index contributed by atoms with van der Waals surface area (Å²) in [5.74, 6) is -1.79. The largest absolute Gasteiger partial charge is 0.377 e. The average molecular weight is 527 g/mol. The van der Waals surface area contributed by atoms with Gasteiger partial charge in [0.25, 0.3) is 0 Å². The van der Waals surface area contributed by atoms with Crippen molar-refractivity contribution >= 4 is 5.78 Å². The standard InChI is InChI=1S/C31H42O7/c1-30(2)35-25(15-17-33-21-23-11-7-5-8-12-23)19-27(37-30)29(32)28-20-26(36-31(3,4)38-28)16-18-34-22-24-13-9-6-10-14-24/h5-14,25-28H,15-22H2,1-4H3/t25-,26-,27-,28-/m0/s1. The number of hydrogen-bond donors (Lipinski definition) is 0. The fourth-order valence-electron chi connectivity index (χ4n) is 5.08. The highest BCUT2D eigenvalue weighted by Gasteiger charge is 2.45. The third-order valence-corrected chi connectivity index (χ3v) is 6.73. The quantitative estimate of drug-likeness (QED) is 0.334. The van der Waals surface area contributed by atoms with Crippen LogP contribution in [0.3, 0.4) is 0 Å². The summed E-state index contributed by atoms with van der Waals surface area (Å²) in [6, 6.07) is 20.2. The highest BCUT2D eigenvalue weighted by Crippen LogP contribution is 2.34. The molecule has 38 heavy (non-hydrogen) atoms. The number of ketones is 1. The lowest BCUT2D eigenvalue weighted by Crippen LogP contribution is -2.54. The first-order valence-corrected chi connectivity index (χ1v) is 13.7. The summed E-state index contributed by atoms with van der Waals surface area (Å²) in [7, 11) is 0. The molecule has 2 heterocycles. The Balaban J connectivity index is 1.27. The van der Waals surface area contributed by atoms with E-state index in [1.807, 2.05) is 88.4 Å². The Hall–Kier alpha value is -2.13. The first kappa shape index (κ1) is 28.9. The van der Waals surface area contributed by atoms with Gasteiger partial charge in [0.15, 0.2) is 17.4 Å². The Labute approximate surface area is 226 Å². The first-order chi connectivity index (χ1) is 18.2. The normalized spacial score (nSPS) is 26.6. The van der Waals surface area contributed by atoms with E-state index in [0.29, 0.717) is 52.1 Å². The molecule has 0 aromatic heterocycles. The zero-order valence-corrected chi connectivity index (χ0v) is 23.1. The van der Waals surface area contributed by atoms with Crippen LogP contribution >= 0.6 is 0 Å². The van der Waals surface area contributed by atoms with Crippen molar-refractivity contribution in [2.75, 3.05) is 13.2 Å². The van der Waals surface area contributed by atoms with Gasteiger partial charge in [0.2, 0.25) is 0 Å². The Kier molecular flexibility index (Phi) is 10.1. The minimum Gasteiger partial charge on any atom is -0.377 e. The number of carbonyl (C=O) groups excluding carboxylic acids is 1. The molecule has 0 saturated carbocycles. The number of carbonyl (C=O) groups is 1. The van der Waals surface area contributed by atoms with Gasteiger partial charge >= 0.3 is 0 Å². The summed E-state index contributed by atoms with van der Waals surface area (Å²) >= 11 is 0. The summed E-state index contributed by atoms with van der Waals surface area (Å²) in [5, 5.41) is 0. The monoisotopic (exact) mass is 526 g/mol. The third kappa shape index (κ3) is 8.97. The van der Waals surface area contributed by atoms with Gasteiger partial charge in [0.05, 0.1) is 25.4 Å². The molecule has 4 rings (SSSR count). The summed E-state index contributed by atoms with van der Waals surface area (Å²) in [5.41, 5.74) is 2.26. The van der Waals surface area contributed by atoms with Gasteiger partial charge in [-0.05, 0) is 51.7 Å². The second kappa shape index (κ2) is 13.3. The zero-order chi connectivity index (χ0) is 27.0. The molecule has 2 aliphatic rings. The molecule has 0 aliphatic carbocycles. The maximum Gasteiger partial charge on any atom is 0.190 e. The molecular formula is C31H42O7. The molecule has 0 amide bonds. The van der Waals surface area contributed by atoms with Crippen LogP contribution in [0.1, 0.15) is 64.5 Å². The van der Waals surface area contributed by atoms with Crippen molar-refractivity contribution in [3.63, 3.8) is 0 Å². The maximum atomic E-state index is 13.6. The van der Waals surface area contributed by atoms with E-state index in [1.165, 1.54) is 0 Å². The van der Waals surface area contributed by atoms with Gasteiger partial charge in [0.1, 0.15) is 12.2 Å². The van der Waals surface area contributed by atoms with E-state index in [2.05, 4.69) is 0 Å². The SMILES string of the molecule is CC1(C)O[C@@H](CCOCc2ccccc2)C[C@@H](C(=O)[C@@H]2C[C@H](CCOCc3ccccc3)OC(C)(C)O2)O1. The van der Waals surface area contributed by atoms with Gasteiger partial charge in [-0.1, -0.05) is 60.7 Å². The van der Waals surface area contributed by atoms with Gasteiger partial charge in [-0.3, -0.25) is 4.79 Å². The van der Waals surface area contributed by atoms with Crippen molar-refractivity contribution in [1.82, 2.24) is 0 Å². The number of Topliss-reactive ketones (excluding diaryl/α,β-unsaturated/α-hetero) is 1. The van der Waals surface area contributed by atoms with Crippen LogP contribution in [-0.2, 0) is 46.4 Å². The van der Waals surface area contributed by atoms with Crippen LogP contribution < -0.4 is 0 Å². The molecule has 2 fully saturated rings. The predicted molar refractivity (Wildman–Crippen MR) is 143 cm³/mol. The first-order valence-electron chi connectivity index (χ1n) is 13.7. The lowest BCUT2D eigenvalue weighted by molar-refractivity contribution is -0.311. The fraction of sp³-hybridized carbons (Fsp3) is 0.581. The molecule has 2 aromatic carbocycles. The molecule has 0 N–H and O–H groups in total. The van der Waals surface area contributed by atoms with Crippen LogP contribution in [0.4, 0.5) is 0 Å². The highest BCUT2D eigenvalue weighted by atomic mass is 16.7. The summed E-state index contributed by atoms with van der Waals surface area (Å²) in [6.45, 7) is 9.61. The van der Waals surface area contributed by atoms with E-state index in [9.17, 15) is 4.79 Å². The van der Waals surface area contributed by atoms with Crippen molar-refractivity contribution in [1.29, 1.82) is 0 Å². The predicted octanol–water partition coefficient (Wildman–Crippen LogP) is 5.59. The van der Waals surface area contributed by atoms with Gasteiger partial charge in [-0.15, -0.1) is 0 Å². The van der Waals surface area contributed by atoms with E-state index >= 15 is 0 Å². The van der Waals surface area contributed by atoms with Crippen LogP contribution in [-0.4, -0.2) is 55.0 Å². The molecule has 7 heteroatoms. The number of rotatable bonds is 12. The van der Waals surface area contributed by atoms with Crippen molar-refractivity contribution in [3.05, 3.63) is 71.8 Å². The second-order valence-corrected chi connectivity index (χ2v) is 11.0. The molecule has 2 aromatic rings. The minimum atomic E-state index is -0.867. The van der Waals surface area contributed by atoms with Gasteiger partial charge in [-0.2, -0.15) is 0 Å². The maximum absolute atomic E-state index is 13.6. The van der Waals surface area contributed by atoms with Crippen molar-refractivity contribution in [2.45, 2.75) is 103 Å². The van der Waals surface area contributed by atoms with Crippen LogP contribution in [0.5, 0.6) is 0 Å². The number of ether oxygens (including phenoxy) is 6. The Morgan fingerprint density at radius 1 is 0.684 bits per heavy atom. The molecule has 0 bridgehead atoms. The molecule has 7 nitrogen and oxygen atoms in total. The van der Waals surface area contributed by atoms with E-state index < -0.39 is 23.8 Å². The lowest BCUT2D eigenvalue weighted by atomic mass is 9.95.